The second-order valence-corrected chi connectivity index (χ2v) is 6.33. The molecule has 1 aliphatic heterocycles. The highest BCUT2D eigenvalue weighted by atomic mass is 19.1. The number of likely N-dealkylation sites (tertiary alicyclic amines) is 1. The Morgan fingerprint density at radius 3 is 2.62 bits per heavy atom. The van der Waals surface area contributed by atoms with E-state index in [1.165, 1.54) is 24.1 Å². The Hall–Kier alpha value is -1.87. The molecule has 1 saturated heterocycles. The molecule has 3 heteroatoms. The maximum absolute atomic E-state index is 12.9. The van der Waals surface area contributed by atoms with Crippen molar-refractivity contribution in [2.75, 3.05) is 25.0 Å². The van der Waals surface area contributed by atoms with Crippen molar-refractivity contribution in [3.8, 4) is 0 Å². The molecule has 1 N–H and O–H groups in total. The van der Waals surface area contributed by atoms with Gasteiger partial charge in [-0.15, -0.1) is 0 Å². The number of anilines is 1. The van der Waals surface area contributed by atoms with E-state index >= 15 is 0 Å². The third-order valence-electron chi connectivity index (χ3n) is 4.56. The zero-order valence-corrected chi connectivity index (χ0v) is 14.7. The maximum Gasteiger partial charge on any atom is 0.123 e. The van der Waals surface area contributed by atoms with Crippen molar-refractivity contribution in [2.24, 2.45) is 0 Å². The third kappa shape index (κ3) is 6.32. The molecule has 1 aliphatic rings. The van der Waals surface area contributed by atoms with E-state index in [1.807, 2.05) is 24.3 Å². The van der Waals surface area contributed by atoms with Crippen LogP contribution in [0.4, 0.5) is 10.1 Å². The Bertz CT molecular complexity index is 552. The number of hydrogen-bond donors (Lipinski definition) is 1. The van der Waals surface area contributed by atoms with Crippen molar-refractivity contribution < 1.29 is 4.39 Å². The van der Waals surface area contributed by atoms with Crippen LogP contribution >= 0.6 is 0 Å². The molecule has 130 valence electrons. The predicted molar refractivity (Wildman–Crippen MR) is 102 cm³/mol. The number of nitrogens with one attached hydrogen (secondary N) is 1. The molecule has 1 fully saturated rings. The Balaban J connectivity index is 1.66. The van der Waals surface area contributed by atoms with Crippen molar-refractivity contribution in [2.45, 2.75) is 38.6 Å². The summed E-state index contributed by atoms with van der Waals surface area (Å²) in [6.07, 6.45) is 12.7. The van der Waals surface area contributed by atoms with Gasteiger partial charge in [-0.3, -0.25) is 0 Å². The fraction of sp³-hybridized carbons (Fsp3) is 0.429. The lowest BCUT2D eigenvalue weighted by molar-refractivity contribution is 0.217. The summed E-state index contributed by atoms with van der Waals surface area (Å²) in [4.78, 5) is 2.55. The summed E-state index contributed by atoms with van der Waals surface area (Å²) in [5, 5.41) is 3.51. The fourth-order valence-electron chi connectivity index (χ4n) is 3.11. The summed E-state index contributed by atoms with van der Waals surface area (Å²) in [7, 11) is 0. The smallest absolute Gasteiger partial charge is 0.123 e. The van der Waals surface area contributed by atoms with E-state index in [9.17, 15) is 4.39 Å². The van der Waals surface area contributed by atoms with Gasteiger partial charge in [-0.25, -0.2) is 4.39 Å². The molecule has 1 heterocycles. The largest absolute Gasteiger partial charge is 0.382 e. The van der Waals surface area contributed by atoms with Gasteiger partial charge >= 0.3 is 0 Å². The van der Waals surface area contributed by atoms with Crippen molar-refractivity contribution in [1.29, 1.82) is 0 Å². The minimum absolute atomic E-state index is 0.182. The molecule has 1 aromatic rings. The first kappa shape index (κ1) is 18.5. The lowest BCUT2D eigenvalue weighted by atomic mass is 10.0. The second kappa shape index (κ2) is 10.1. The molecular weight excluding hydrogens is 299 g/mol. The van der Waals surface area contributed by atoms with Crippen molar-refractivity contribution >= 4 is 5.69 Å². The Morgan fingerprint density at radius 2 is 2.00 bits per heavy atom. The summed E-state index contributed by atoms with van der Waals surface area (Å²) in [5.74, 6) is -0.182. The van der Waals surface area contributed by atoms with E-state index in [1.54, 1.807) is 0 Å². The van der Waals surface area contributed by atoms with Gasteiger partial charge in [-0.2, -0.15) is 0 Å². The van der Waals surface area contributed by atoms with E-state index in [-0.39, 0.29) is 5.82 Å². The quantitative estimate of drug-likeness (QED) is 0.662. The molecule has 0 amide bonds. The van der Waals surface area contributed by atoms with Crippen LogP contribution in [-0.4, -0.2) is 30.6 Å². The van der Waals surface area contributed by atoms with Gasteiger partial charge in [0.25, 0.3) is 0 Å². The Labute approximate surface area is 145 Å². The summed E-state index contributed by atoms with van der Waals surface area (Å²) < 4.78 is 12.9. The molecule has 0 spiro atoms. The first-order chi connectivity index (χ1) is 11.7. The van der Waals surface area contributed by atoms with E-state index in [0.717, 1.165) is 44.6 Å². The van der Waals surface area contributed by atoms with Crippen LogP contribution in [0.15, 0.2) is 60.7 Å². The van der Waals surface area contributed by atoms with E-state index in [2.05, 4.69) is 35.9 Å². The molecule has 0 bridgehead atoms. The molecule has 0 radical (unpaired) electrons. The fourth-order valence-corrected chi connectivity index (χ4v) is 3.11. The molecule has 2 nitrogen and oxygen atoms in total. The Kier molecular flexibility index (Phi) is 7.76. The molecule has 0 aliphatic carbocycles. The van der Waals surface area contributed by atoms with E-state index < -0.39 is 0 Å². The maximum atomic E-state index is 12.9. The average molecular weight is 328 g/mol. The van der Waals surface area contributed by atoms with E-state index in [0.29, 0.717) is 6.04 Å². The second-order valence-electron chi connectivity index (χ2n) is 6.33. The van der Waals surface area contributed by atoms with Crippen molar-refractivity contribution in [3.05, 3.63) is 66.5 Å². The number of allylic oxidation sites excluding steroid dienone is 5. The van der Waals surface area contributed by atoms with Crippen LogP contribution in [-0.2, 0) is 0 Å². The number of piperidine rings is 1. The van der Waals surface area contributed by atoms with Crippen LogP contribution in [0.1, 0.15) is 32.6 Å². The van der Waals surface area contributed by atoms with Crippen LogP contribution in [0, 0.1) is 5.82 Å². The van der Waals surface area contributed by atoms with Gasteiger partial charge in [-0.05, 0) is 63.4 Å². The molecule has 0 saturated carbocycles. The molecule has 0 aromatic heterocycles. The van der Waals surface area contributed by atoms with Gasteiger partial charge in [0.2, 0.25) is 0 Å². The topological polar surface area (TPSA) is 15.3 Å². The third-order valence-corrected chi connectivity index (χ3v) is 4.56. The summed E-state index contributed by atoms with van der Waals surface area (Å²) in [5.41, 5.74) is 2.39. The summed E-state index contributed by atoms with van der Waals surface area (Å²) >= 11 is 0. The van der Waals surface area contributed by atoms with Gasteiger partial charge in [0.1, 0.15) is 5.82 Å². The van der Waals surface area contributed by atoms with Gasteiger partial charge in [0, 0.05) is 24.8 Å². The zero-order valence-electron chi connectivity index (χ0n) is 14.7. The SMILES string of the molecule is C=C/C=C\C(=C/C)CCCN1CCC(Nc2ccc(F)cc2)CC1. The van der Waals surface area contributed by atoms with Crippen molar-refractivity contribution in [3.63, 3.8) is 0 Å². The molecule has 0 atom stereocenters. The number of halogens is 1. The molecule has 24 heavy (non-hydrogen) atoms. The normalized spacial score (nSPS) is 17.3. The van der Waals surface area contributed by atoms with Crippen molar-refractivity contribution in [1.82, 2.24) is 4.90 Å². The molecule has 0 unspecified atom stereocenters. The number of benzene rings is 1. The van der Waals surface area contributed by atoms with Crippen LogP contribution in [0.3, 0.4) is 0 Å². The van der Waals surface area contributed by atoms with E-state index in [4.69, 9.17) is 0 Å². The number of rotatable bonds is 8. The average Bonchev–Trinajstić information content (AvgIpc) is 2.61. The molecular formula is C21H29FN2. The molecule has 2 rings (SSSR count). The Morgan fingerprint density at radius 1 is 1.29 bits per heavy atom. The lowest BCUT2D eigenvalue weighted by Gasteiger charge is -2.32. The zero-order chi connectivity index (χ0) is 17.2. The number of nitrogens with zero attached hydrogens (tertiary/aromatic N) is 1. The first-order valence-electron chi connectivity index (χ1n) is 8.90. The van der Waals surface area contributed by atoms with Gasteiger partial charge in [0.15, 0.2) is 0 Å². The highest BCUT2D eigenvalue weighted by molar-refractivity contribution is 5.43. The summed E-state index contributed by atoms with van der Waals surface area (Å²) in [6, 6.07) is 7.15. The van der Waals surface area contributed by atoms with Crippen LogP contribution in [0.5, 0.6) is 0 Å². The minimum atomic E-state index is -0.182. The van der Waals surface area contributed by atoms with Gasteiger partial charge in [-0.1, -0.05) is 36.5 Å². The van der Waals surface area contributed by atoms with Crippen LogP contribution in [0.2, 0.25) is 0 Å². The number of hydrogen-bond acceptors (Lipinski definition) is 2. The monoisotopic (exact) mass is 328 g/mol. The van der Waals surface area contributed by atoms with Crippen LogP contribution < -0.4 is 5.32 Å². The van der Waals surface area contributed by atoms with Gasteiger partial charge in [0.05, 0.1) is 0 Å². The lowest BCUT2D eigenvalue weighted by Crippen LogP contribution is -2.39. The minimum Gasteiger partial charge on any atom is -0.382 e. The highest BCUT2D eigenvalue weighted by Crippen LogP contribution is 2.18. The molecule has 1 aromatic carbocycles. The first-order valence-corrected chi connectivity index (χ1v) is 8.90. The highest BCUT2D eigenvalue weighted by Gasteiger charge is 2.18. The standard InChI is InChI=1S/C21H29FN2/c1-3-5-7-18(4-2)8-6-15-24-16-13-21(14-17-24)23-20-11-9-19(22)10-12-20/h3-5,7,9-12,21,23H,1,6,8,13-17H2,2H3/b7-5-,18-4+. The predicted octanol–water partition coefficient (Wildman–Crippen LogP) is 5.17. The van der Waals surface area contributed by atoms with Crippen LogP contribution in [0.25, 0.3) is 0 Å². The van der Waals surface area contributed by atoms with Gasteiger partial charge < -0.3 is 10.2 Å². The summed E-state index contributed by atoms with van der Waals surface area (Å²) in [6.45, 7) is 9.23.